The molecule has 0 saturated carbocycles. The fourth-order valence-corrected chi connectivity index (χ4v) is 2.23. The molecule has 1 rings (SSSR count). The second-order valence-electron chi connectivity index (χ2n) is 6.59. The Hall–Kier alpha value is -1.55. The van der Waals surface area contributed by atoms with Crippen LogP contribution in [0.2, 0.25) is 0 Å². The summed E-state index contributed by atoms with van der Waals surface area (Å²) < 4.78 is 0. The lowest BCUT2D eigenvalue weighted by molar-refractivity contribution is -0.123. The normalized spacial score (nSPS) is 12.9. The molecule has 3 N–H and O–H groups in total. The van der Waals surface area contributed by atoms with Gasteiger partial charge in [-0.15, -0.1) is 0 Å². The first-order valence-electron chi connectivity index (χ1n) is 7.60. The molecule has 1 aromatic carbocycles. The molecule has 0 aromatic heterocycles. The molecule has 0 heterocycles. The molecule has 21 heavy (non-hydrogen) atoms. The van der Waals surface area contributed by atoms with Crippen molar-refractivity contribution in [3.8, 4) is 0 Å². The Balaban J connectivity index is 2.93. The quantitative estimate of drug-likeness (QED) is 0.846. The highest BCUT2D eigenvalue weighted by atomic mass is 16.2. The summed E-state index contributed by atoms with van der Waals surface area (Å²) >= 11 is 0. The summed E-state index contributed by atoms with van der Waals surface area (Å²) in [6.07, 6.45) is 0.862. The Morgan fingerprint density at radius 3 is 2.57 bits per heavy atom. The van der Waals surface area contributed by atoms with Gasteiger partial charge in [-0.3, -0.25) is 4.79 Å². The minimum absolute atomic E-state index is 0.0426. The summed E-state index contributed by atoms with van der Waals surface area (Å²) in [5.41, 5.74) is 7.67. The molecular weight excluding hydrogens is 262 g/mol. The summed E-state index contributed by atoms with van der Waals surface area (Å²) in [5, 5.41) is 3.05. The zero-order valence-electron chi connectivity index (χ0n) is 13.9. The summed E-state index contributed by atoms with van der Waals surface area (Å²) in [4.78, 5) is 14.6. The van der Waals surface area contributed by atoms with Crippen LogP contribution >= 0.6 is 0 Å². The second kappa shape index (κ2) is 7.46. The largest absolute Gasteiger partial charge is 0.360 e. The van der Waals surface area contributed by atoms with Crippen molar-refractivity contribution in [1.29, 1.82) is 0 Å². The lowest BCUT2D eigenvalue weighted by atomic mass is 10.1. The molecule has 1 unspecified atom stereocenters. The lowest BCUT2D eigenvalue weighted by Gasteiger charge is -2.33. The Bertz CT molecular complexity index is 465. The zero-order valence-corrected chi connectivity index (χ0v) is 13.9. The van der Waals surface area contributed by atoms with E-state index in [2.05, 4.69) is 29.3 Å². The molecule has 0 radical (unpaired) electrons. The van der Waals surface area contributed by atoms with Gasteiger partial charge in [-0.2, -0.15) is 0 Å². The first-order chi connectivity index (χ1) is 9.74. The van der Waals surface area contributed by atoms with Crippen LogP contribution in [-0.4, -0.2) is 30.6 Å². The number of amides is 1. The monoisotopic (exact) mass is 291 g/mol. The summed E-state index contributed by atoms with van der Waals surface area (Å²) in [6, 6.07) is 8.01. The molecule has 0 saturated heterocycles. The number of rotatable bonds is 6. The highest BCUT2D eigenvalue weighted by Crippen LogP contribution is 2.19. The lowest BCUT2D eigenvalue weighted by Crippen LogP contribution is -2.51. The van der Waals surface area contributed by atoms with Gasteiger partial charge in [0.15, 0.2) is 0 Å². The maximum atomic E-state index is 12.4. The van der Waals surface area contributed by atoms with Gasteiger partial charge < -0.3 is 16.0 Å². The van der Waals surface area contributed by atoms with Gasteiger partial charge in [0, 0.05) is 17.8 Å². The van der Waals surface area contributed by atoms with Crippen molar-refractivity contribution in [2.75, 3.05) is 18.0 Å². The van der Waals surface area contributed by atoms with E-state index in [0.29, 0.717) is 6.54 Å². The number of nitrogens with two attached hydrogens (primary N) is 1. The minimum Gasteiger partial charge on any atom is -0.360 e. The molecule has 1 atom stereocenters. The highest BCUT2D eigenvalue weighted by molar-refractivity contribution is 5.85. The van der Waals surface area contributed by atoms with Crippen LogP contribution in [0.25, 0.3) is 0 Å². The van der Waals surface area contributed by atoms with E-state index in [-0.39, 0.29) is 17.5 Å². The van der Waals surface area contributed by atoms with Gasteiger partial charge >= 0.3 is 0 Å². The molecule has 0 fully saturated rings. The van der Waals surface area contributed by atoms with Crippen molar-refractivity contribution in [1.82, 2.24) is 5.32 Å². The first-order valence-corrected chi connectivity index (χ1v) is 7.60. The van der Waals surface area contributed by atoms with Crippen LogP contribution in [0.15, 0.2) is 24.3 Å². The van der Waals surface area contributed by atoms with E-state index in [1.807, 2.05) is 39.8 Å². The van der Waals surface area contributed by atoms with Crippen molar-refractivity contribution in [2.24, 2.45) is 5.73 Å². The molecule has 4 heteroatoms. The van der Waals surface area contributed by atoms with E-state index in [1.165, 1.54) is 5.56 Å². The number of nitrogens with one attached hydrogen (secondary N) is 1. The van der Waals surface area contributed by atoms with Crippen molar-refractivity contribution in [3.63, 3.8) is 0 Å². The van der Waals surface area contributed by atoms with Gasteiger partial charge in [0.1, 0.15) is 6.04 Å². The van der Waals surface area contributed by atoms with Gasteiger partial charge in [0.05, 0.1) is 0 Å². The third-order valence-electron chi connectivity index (χ3n) is 3.28. The van der Waals surface area contributed by atoms with Gasteiger partial charge in [0.25, 0.3) is 0 Å². The van der Waals surface area contributed by atoms with E-state index in [4.69, 9.17) is 5.73 Å². The number of aryl methyl sites for hydroxylation is 1. The standard InChI is InChI=1S/C17H29N3O/c1-13-8-6-9-15(12-13)20(11-7-10-18)14(2)16(21)19-17(3,4)5/h6,8-9,12,14H,7,10-11,18H2,1-5H3,(H,19,21). The highest BCUT2D eigenvalue weighted by Gasteiger charge is 2.24. The van der Waals surface area contributed by atoms with Crippen LogP contribution < -0.4 is 16.0 Å². The Morgan fingerprint density at radius 1 is 1.38 bits per heavy atom. The topological polar surface area (TPSA) is 58.4 Å². The summed E-state index contributed by atoms with van der Waals surface area (Å²) in [7, 11) is 0. The van der Waals surface area contributed by atoms with Crippen LogP contribution in [0.1, 0.15) is 39.7 Å². The van der Waals surface area contributed by atoms with Crippen LogP contribution in [0, 0.1) is 6.92 Å². The van der Waals surface area contributed by atoms with Gasteiger partial charge in [-0.1, -0.05) is 12.1 Å². The maximum Gasteiger partial charge on any atom is 0.242 e. The molecule has 0 bridgehead atoms. The molecule has 0 spiro atoms. The smallest absolute Gasteiger partial charge is 0.242 e. The predicted octanol–water partition coefficient (Wildman–Crippen LogP) is 2.45. The van der Waals surface area contributed by atoms with E-state index >= 15 is 0 Å². The molecule has 4 nitrogen and oxygen atoms in total. The predicted molar refractivity (Wildman–Crippen MR) is 89.6 cm³/mol. The molecule has 1 amide bonds. The summed E-state index contributed by atoms with van der Waals surface area (Å²) in [6.45, 7) is 11.4. The maximum absolute atomic E-state index is 12.4. The number of hydrogen-bond donors (Lipinski definition) is 2. The third kappa shape index (κ3) is 5.76. The number of anilines is 1. The minimum atomic E-state index is -0.225. The van der Waals surface area contributed by atoms with Crippen molar-refractivity contribution in [3.05, 3.63) is 29.8 Å². The Kier molecular flexibility index (Phi) is 6.21. The fourth-order valence-electron chi connectivity index (χ4n) is 2.23. The van der Waals surface area contributed by atoms with Crippen molar-refractivity contribution < 1.29 is 4.79 Å². The van der Waals surface area contributed by atoms with Crippen molar-refractivity contribution >= 4 is 11.6 Å². The van der Waals surface area contributed by atoms with Crippen LogP contribution in [-0.2, 0) is 4.79 Å². The van der Waals surface area contributed by atoms with Gasteiger partial charge in [0.2, 0.25) is 5.91 Å². The van der Waals surface area contributed by atoms with Crippen LogP contribution in [0.5, 0.6) is 0 Å². The number of carbonyl (C=O) groups is 1. The Morgan fingerprint density at radius 2 is 2.05 bits per heavy atom. The number of carbonyl (C=O) groups excluding carboxylic acids is 1. The molecule has 0 aliphatic rings. The number of hydrogen-bond acceptors (Lipinski definition) is 3. The molecule has 0 aliphatic heterocycles. The van der Waals surface area contributed by atoms with Crippen LogP contribution in [0.3, 0.4) is 0 Å². The Labute approximate surface area is 128 Å². The third-order valence-corrected chi connectivity index (χ3v) is 3.28. The first kappa shape index (κ1) is 17.5. The average Bonchev–Trinajstić information content (AvgIpc) is 2.37. The van der Waals surface area contributed by atoms with Crippen LogP contribution in [0.4, 0.5) is 5.69 Å². The zero-order chi connectivity index (χ0) is 16.0. The second-order valence-corrected chi connectivity index (χ2v) is 6.59. The molecular formula is C17H29N3O. The SMILES string of the molecule is Cc1cccc(N(CCCN)C(C)C(=O)NC(C)(C)C)c1. The summed E-state index contributed by atoms with van der Waals surface area (Å²) in [5.74, 6) is 0.0426. The van der Waals surface area contributed by atoms with E-state index in [9.17, 15) is 4.79 Å². The van der Waals surface area contributed by atoms with E-state index in [1.54, 1.807) is 0 Å². The van der Waals surface area contributed by atoms with E-state index in [0.717, 1.165) is 18.7 Å². The fraction of sp³-hybridized carbons (Fsp3) is 0.588. The average molecular weight is 291 g/mol. The molecule has 0 aliphatic carbocycles. The van der Waals surface area contributed by atoms with Gasteiger partial charge in [-0.25, -0.2) is 0 Å². The molecule has 1 aromatic rings. The number of nitrogens with zero attached hydrogens (tertiary/aromatic N) is 1. The molecule has 118 valence electrons. The van der Waals surface area contributed by atoms with E-state index < -0.39 is 0 Å². The number of benzene rings is 1. The van der Waals surface area contributed by atoms with Crippen molar-refractivity contribution in [2.45, 2.75) is 52.6 Å². The van der Waals surface area contributed by atoms with Gasteiger partial charge in [-0.05, 0) is 65.3 Å².